The molecule has 4 nitrogen and oxygen atoms in total. The SMILES string of the molecule is CCNc1cccc(COC2CC(C)OC(C)C2)n1. The lowest BCUT2D eigenvalue weighted by molar-refractivity contribution is -0.106. The van der Waals surface area contributed by atoms with Crippen molar-refractivity contribution in [3.05, 3.63) is 23.9 Å². The van der Waals surface area contributed by atoms with Gasteiger partial charge >= 0.3 is 0 Å². The Balaban J connectivity index is 1.86. The van der Waals surface area contributed by atoms with Gasteiger partial charge in [0, 0.05) is 6.54 Å². The van der Waals surface area contributed by atoms with E-state index in [0.717, 1.165) is 30.9 Å². The highest BCUT2D eigenvalue weighted by Gasteiger charge is 2.24. The summed E-state index contributed by atoms with van der Waals surface area (Å²) in [6, 6.07) is 6.00. The van der Waals surface area contributed by atoms with Gasteiger partial charge in [-0.25, -0.2) is 4.98 Å². The maximum absolute atomic E-state index is 5.97. The van der Waals surface area contributed by atoms with Crippen LogP contribution in [-0.2, 0) is 16.1 Å². The lowest BCUT2D eigenvalue weighted by Gasteiger charge is -2.31. The first-order valence-electron chi connectivity index (χ1n) is 7.14. The summed E-state index contributed by atoms with van der Waals surface area (Å²) >= 11 is 0. The molecule has 0 saturated carbocycles. The normalized spacial score (nSPS) is 27.2. The van der Waals surface area contributed by atoms with E-state index >= 15 is 0 Å². The van der Waals surface area contributed by atoms with Crippen LogP contribution in [0.15, 0.2) is 18.2 Å². The largest absolute Gasteiger partial charge is 0.375 e. The van der Waals surface area contributed by atoms with Crippen molar-refractivity contribution in [3.8, 4) is 0 Å². The molecule has 1 fully saturated rings. The van der Waals surface area contributed by atoms with Crippen LogP contribution in [0, 0.1) is 0 Å². The van der Waals surface area contributed by atoms with E-state index in [9.17, 15) is 0 Å². The molecule has 0 aliphatic carbocycles. The van der Waals surface area contributed by atoms with Gasteiger partial charge in [-0.05, 0) is 45.7 Å². The minimum absolute atomic E-state index is 0.281. The molecular weight excluding hydrogens is 240 g/mol. The first-order valence-corrected chi connectivity index (χ1v) is 7.14. The van der Waals surface area contributed by atoms with Crippen LogP contribution in [0.5, 0.6) is 0 Å². The number of aromatic nitrogens is 1. The van der Waals surface area contributed by atoms with Crippen LogP contribution in [0.1, 0.15) is 39.3 Å². The van der Waals surface area contributed by atoms with Crippen LogP contribution >= 0.6 is 0 Å². The molecule has 1 aliphatic heterocycles. The number of nitrogens with one attached hydrogen (secondary N) is 1. The van der Waals surface area contributed by atoms with E-state index < -0.39 is 0 Å². The zero-order valence-electron chi connectivity index (χ0n) is 12.1. The summed E-state index contributed by atoms with van der Waals surface area (Å²) in [4.78, 5) is 4.52. The summed E-state index contributed by atoms with van der Waals surface area (Å²) in [5.41, 5.74) is 0.977. The van der Waals surface area contributed by atoms with Crippen molar-refractivity contribution in [3.63, 3.8) is 0 Å². The second kappa shape index (κ2) is 6.87. The molecule has 1 aliphatic rings. The predicted molar refractivity (Wildman–Crippen MR) is 76.2 cm³/mol. The van der Waals surface area contributed by atoms with Crippen LogP contribution in [0.4, 0.5) is 5.82 Å². The van der Waals surface area contributed by atoms with E-state index in [4.69, 9.17) is 9.47 Å². The van der Waals surface area contributed by atoms with Crippen molar-refractivity contribution < 1.29 is 9.47 Å². The lowest BCUT2D eigenvalue weighted by Crippen LogP contribution is -2.34. The Labute approximate surface area is 115 Å². The molecule has 0 radical (unpaired) electrons. The molecule has 2 unspecified atom stereocenters. The Morgan fingerprint density at radius 1 is 1.32 bits per heavy atom. The summed E-state index contributed by atoms with van der Waals surface area (Å²) in [5.74, 6) is 0.914. The van der Waals surface area contributed by atoms with E-state index in [2.05, 4.69) is 31.1 Å². The Hall–Kier alpha value is -1.13. The van der Waals surface area contributed by atoms with Crippen LogP contribution in [-0.4, -0.2) is 29.8 Å². The van der Waals surface area contributed by atoms with E-state index in [1.165, 1.54) is 0 Å². The first-order chi connectivity index (χ1) is 9.17. The van der Waals surface area contributed by atoms with Gasteiger partial charge in [-0.3, -0.25) is 0 Å². The molecule has 2 heterocycles. The molecule has 1 aromatic rings. The number of anilines is 1. The molecule has 0 aromatic carbocycles. The topological polar surface area (TPSA) is 43.4 Å². The van der Waals surface area contributed by atoms with Gasteiger partial charge in [0.15, 0.2) is 0 Å². The van der Waals surface area contributed by atoms with Crippen molar-refractivity contribution in [2.75, 3.05) is 11.9 Å². The number of nitrogens with zero attached hydrogens (tertiary/aromatic N) is 1. The fraction of sp³-hybridized carbons (Fsp3) is 0.667. The zero-order chi connectivity index (χ0) is 13.7. The molecule has 0 bridgehead atoms. The zero-order valence-corrected chi connectivity index (χ0v) is 12.1. The third kappa shape index (κ3) is 4.48. The number of pyridine rings is 1. The number of ether oxygens (including phenoxy) is 2. The van der Waals surface area contributed by atoms with E-state index in [1.807, 2.05) is 18.2 Å². The fourth-order valence-corrected chi connectivity index (χ4v) is 2.52. The van der Waals surface area contributed by atoms with Crippen molar-refractivity contribution >= 4 is 5.82 Å². The van der Waals surface area contributed by atoms with Crippen molar-refractivity contribution in [2.45, 2.75) is 58.5 Å². The Morgan fingerprint density at radius 2 is 2.05 bits per heavy atom. The van der Waals surface area contributed by atoms with Crippen LogP contribution in [0.25, 0.3) is 0 Å². The molecule has 1 aromatic heterocycles. The summed E-state index contributed by atoms with van der Waals surface area (Å²) in [7, 11) is 0. The summed E-state index contributed by atoms with van der Waals surface area (Å²) in [6.45, 7) is 7.73. The molecule has 0 spiro atoms. The lowest BCUT2D eigenvalue weighted by atomic mass is 10.0. The third-order valence-electron chi connectivity index (χ3n) is 3.29. The average molecular weight is 264 g/mol. The highest BCUT2D eigenvalue weighted by molar-refractivity contribution is 5.34. The molecule has 2 rings (SSSR count). The Bertz CT molecular complexity index is 387. The number of rotatable bonds is 5. The second-order valence-corrected chi connectivity index (χ2v) is 5.21. The van der Waals surface area contributed by atoms with E-state index in [0.29, 0.717) is 6.61 Å². The number of hydrogen-bond acceptors (Lipinski definition) is 4. The van der Waals surface area contributed by atoms with Gasteiger partial charge in [0.2, 0.25) is 0 Å². The quantitative estimate of drug-likeness (QED) is 0.888. The molecule has 1 N–H and O–H groups in total. The maximum Gasteiger partial charge on any atom is 0.126 e. The van der Waals surface area contributed by atoms with Crippen LogP contribution < -0.4 is 5.32 Å². The molecule has 2 atom stereocenters. The van der Waals surface area contributed by atoms with Gasteiger partial charge in [0.25, 0.3) is 0 Å². The highest BCUT2D eigenvalue weighted by atomic mass is 16.5. The first kappa shape index (κ1) is 14.3. The maximum atomic E-state index is 5.97. The molecule has 1 saturated heterocycles. The van der Waals surface area contributed by atoms with Gasteiger partial charge in [-0.15, -0.1) is 0 Å². The average Bonchev–Trinajstić information content (AvgIpc) is 2.36. The van der Waals surface area contributed by atoms with E-state index in [1.54, 1.807) is 0 Å². The van der Waals surface area contributed by atoms with Crippen molar-refractivity contribution in [1.29, 1.82) is 0 Å². The summed E-state index contributed by atoms with van der Waals surface area (Å²) in [6.07, 6.45) is 2.79. The van der Waals surface area contributed by atoms with Gasteiger partial charge in [-0.1, -0.05) is 6.07 Å². The van der Waals surface area contributed by atoms with Crippen LogP contribution in [0.3, 0.4) is 0 Å². The smallest absolute Gasteiger partial charge is 0.126 e. The van der Waals surface area contributed by atoms with Gasteiger partial charge in [0.05, 0.1) is 30.6 Å². The van der Waals surface area contributed by atoms with E-state index in [-0.39, 0.29) is 18.3 Å². The minimum Gasteiger partial charge on any atom is -0.375 e. The molecule has 0 amide bonds. The molecule has 106 valence electrons. The monoisotopic (exact) mass is 264 g/mol. The second-order valence-electron chi connectivity index (χ2n) is 5.21. The van der Waals surface area contributed by atoms with Crippen molar-refractivity contribution in [1.82, 2.24) is 4.98 Å². The molecular formula is C15H24N2O2. The van der Waals surface area contributed by atoms with Crippen LogP contribution in [0.2, 0.25) is 0 Å². The predicted octanol–water partition coefficient (Wildman–Crippen LogP) is 2.99. The number of hydrogen-bond donors (Lipinski definition) is 1. The Kier molecular flexibility index (Phi) is 5.16. The fourth-order valence-electron chi connectivity index (χ4n) is 2.52. The molecule has 4 heteroatoms. The highest BCUT2D eigenvalue weighted by Crippen LogP contribution is 2.22. The minimum atomic E-state index is 0.281. The molecule has 19 heavy (non-hydrogen) atoms. The Morgan fingerprint density at radius 3 is 2.74 bits per heavy atom. The van der Waals surface area contributed by atoms with Gasteiger partial charge < -0.3 is 14.8 Å². The third-order valence-corrected chi connectivity index (χ3v) is 3.29. The summed E-state index contributed by atoms with van der Waals surface area (Å²) in [5, 5.41) is 3.21. The van der Waals surface area contributed by atoms with Crippen molar-refractivity contribution in [2.24, 2.45) is 0 Å². The standard InChI is InChI=1S/C15H24N2O2/c1-4-16-15-7-5-6-13(17-15)10-18-14-8-11(2)19-12(3)9-14/h5-7,11-12,14H,4,8-10H2,1-3H3,(H,16,17). The summed E-state index contributed by atoms with van der Waals surface area (Å²) < 4.78 is 11.7. The van der Waals surface area contributed by atoms with Gasteiger partial charge in [0.1, 0.15) is 5.82 Å². The van der Waals surface area contributed by atoms with Gasteiger partial charge in [-0.2, -0.15) is 0 Å².